The molecule has 1 amide bonds. The molecule has 0 saturated carbocycles. The first kappa shape index (κ1) is 24.5. The summed E-state index contributed by atoms with van der Waals surface area (Å²) < 4.78 is 20.4. The zero-order chi connectivity index (χ0) is 26.9. The van der Waals surface area contributed by atoms with E-state index in [1.807, 2.05) is 30.3 Å². The highest BCUT2D eigenvalue weighted by atomic mass is 32.1. The largest absolute Gasteiger partial charge is 0.507 e. The van der Waals surface area contributed by atoms with Crippen molar-refractivity contribution in [3.63, 3.8) is 0 Å². The maximum absolute atomic E-state index is 13.9. The lowest BCUT2D eigenvalue weighted by Gasteiger charge is -2.23. The van der Waals surface area contributed by atoms with E-state index in [1.165, 1.54) is 23.1 Å². The van der Waals surface area contributed by atoms with Gasteiger partial charge in [-0.3, -0.25) is 14.5 Å². The summed E-state index contributed by atoms with van der Waals surface area (Å²) in [6.07, 6.45) is 0. The van der Waals surface area contributed by atoms with Gasteiger partial charge in [-0.2, -0.15) is 0 Å². The van der Waals surface area contributed by atoms with Crippen molar-refractivity contribution in [2.24, 2.45) is 0 Å². The quantitative estimate of drug-likeness (QED) is 0.150. The smallest absolute Gasteiger partial charge is 0.301 e. The first-order chi connectivity index (χ1) is 19.0. The van der Waals surface area contributed by atoms with Crippen molar-refractivity contribution in [3.8, 4) is 5.75 Å². The number of benzene rings is 4. The van der Waals surface area contributed by atoms with Gasteiger partial charge in [0.1, 0.15) is 23.9 Å². The summed E-state index contributed by atoms with van der Waals surface area (Å²) in [6, 6.07) is 28.5. The number of carbonyl (C=O) groups excluding carboxylic acids is 2. The summed E-state index contributed by atoms with van der Waals surface area (Å²) in [5.74, 6) is -1.84. The molecule has 1 aliphatic heterocycles. The second-order valence-corrected chi connectivity index (χ2v) is 10.00. The Morgan fingerprint density at radius 2 is 1.67 bits per heavy atom. The first-order valence-corrected chi connectivity index (χ1v) is 13.0. The second-order valence-electron chi connectivity index (χ2n) is 8.99. The van der Waals surface area contributed by atoms with Crippen LogP contribution >= 0.6 is 11.3 Å². The molecule has 6 nitrogen and oxygen atoms in total. The molecule has 1 fully saturated rings. The minimum atomic E-state index is -0.976. The Hall–Kier alpha value is -4.82. The van der Waals surface area contributed by atoms with Crippen molar-refractivity contribution < 1.29 is 23.8 Å². The van der Waals surface area contributed by atoms with Crippen LogP contribution in [0.1, 0.15) is 22.7 Å². The van der Waals surface area contributed by atoms with Crippen LogP contribution < -0.4 is 9.64 Å². The lowest BCUT2D eigenvalue weighted by Crippen LogP contribution is -2.29. The number of Topliss-reactive ketones (excluding diaryl/α,β-unsaturated/α-hetero) is 1. The summed E-state index contributed by atoms with van der Waals surface area (Å²) in [5.41, 5.74) is 2.39. The molecule has 8 heteroatoms. The zero-order valence-corrected chi connectivity index (χ0v) is 21.3. The molecule has 5 aromatic rings. The van der Waals surface area contributed by atoms with E-state index in [4.69, 9.17) is 4.74 Å². The van der Waals surface area contributed by atoms with E-state index in [2.05, 4.69) is 4.98 Å². The van der Waals surface area contributed by atoms with Crippen molar-refractivity contribution in [3.05, 3.63) is 131 Å². The van der Waals surface area contributed by atoms with Gasteiger partial charge in [0, 0.05) is 5.56 Å². The van der Waals surface area contributed by atoms with Crippen LogP contribution in [0.2, 0.25) is 0 Å². The van der Waals surface area contributed by atoms with E-state index < -0.39 is 23.5 Å². The van der Waals surface area contributed by atoms with Crippen molar-refractivity contribution >= 4 is 44.1 Å². The van der Waals surface area contributed by atoms with E-state index >= 15 is 0 Å². The third-order valence-corrected chi connectivity index (χ3v) is 7.48. The third-order valence-electron chi connectivity index (χ3n) is 6.46. The number of rotatable bonds is 6. The fourth-order valence-electron chi connectivity index (χ4n) is 4.60. The average Bonchev–Trinajstić information content (AvgIpc) is 3.50. The summed E-state index contributed by atoms with van der Waals surface area (Å²) >= 11 is 1.10. The molecule has 39 heavy (non-hydrogen) atoms. The van der Waals surface area contributed by atoms with Crippen molar-refractivity contribution in [2.75, 3.05) is 4.90 Å². The van der Waals surface area contributed by atoms with Gasteiger partial charge in [0.05, 0.1) is 21.8 Å². The van der Waals surface area contributed by atoms with E-state index in [0.29, 0.717) is 33.7 Å². The van der Waals surface area contributed by atoms with Gasteiger partial charge in [-0.15, -0.1) is 0 Å². The molecule has 6 rings (SSSR count). The Morgan fingerprint density at radius 1 is 0.923 bits per heavy atom. The highest BCUT2D eigenvalue weighted by Gasteiger charge is 2.48. The summed E-state index contributed by atoms with van der Waals surface area (Å²) in [5, 5.41) is 11.5. The Morgan fingerprint density at radius 3 is 2.44 bits per heavy atom. The average molecular weight is 537 g/mol. The predicted octanol–water partition coefficient (Wildman–Crippen LogP) is 6.64. The molecule has 2 heterocycles. The van der Waals surface area contributed by atoms with Crippen molar-refractivity contribution in [1.82, 2.24) is 4.98 Å². The van der Waals surface area contributed by atoms with Crippen LogP contribution in [-0.4, -0.2) is 21.8 Å². The maximum Gasteiger partial charge on any atom is 0.301 e. The number of amides is 1. The molecule has 1 atom stereocenters. The molecule has 4 aromatic carbocycles. The van der Waals surface area contributed by atoms with Crippen LogP contribution in [0.3, 0.4) is 0 Å². The van der Waals surface area contributed by atoms with Crippen LogP contribution in [0.15, 0.2) is 109 Å². The molecule has 1 aliphatic rings. The van der Waals surface area contributed by atoms with Gasteiger partial charge in [-0.25, -0.2) is 9.37 Å². The predicted molar refractivity (Wildman–Crippen MR) is 148 cm³/mol. The van der Waals surface area contributed by atoms with Crippen LogP contribution in [0.5, 0.6) is 5.75 Å². The molecular weight excluding hydrogens is 515 g/mol. The number of ether oxygens (including phenoxy) is 1. The molecule has 0 aliphatic carbocycles. The number of hydrogen-bond donors (Lipinski definition) is 1. The molecular formula is C31H21FN2O4S. The monoisotopic (exact) mass is 536 g/mol. The molecule has 0 radical (unpaired) electrons. The topological polar surface area (TPSA) is 79.7 Å². The highest BCUT2D eigenvalue weighted by Crippen LogP contribution is 2.44. The normalized spacial score (nSPS) is 16.6. The number of carbonyl (C=O) groups is 2. The van der Waals surface area contributed by atoms with Crippen molar-refractivity contribution in [1.29, 1.82) is 0 Å². The Balaban J connectivity index is 1.47. The highest BCUT2D eigenvalue weighted by molar-refractivity contribution is 7.22. The summed E-state index contributed by atoms with van der Waals surface area (Å²) in [6.45, 7) is 0.331. The minimum absolute atomic E-state index is 0.0585. The lowest BCUT2D eigenvalue weighted by molar-refractivity contribution is -0.132. The fraction of sp³-hybridized carbons (Fsp3) is 0.0645. The first-order valence-electron chi connectivity index (χ1n) is 12.2. The SMILES string of the molecule is O=C1C(=O)N(c2nc3ccc(F)cc3s2)C(c2cccc(OCc3ccccc3)c2)C1=C(O)c1ccccc1. The number of thiazole rings is 1. The molecule has 192 valence electrons. The summed E-state index contributed by atoms with van der Waals surface area (Å²) in [4.78, 5) is 32.7. The zero-order valence-electron chi connectivity index (χ0n) is 20.5. The summed E-state index contributed by atoms with van der Waals surface area (Å²) in [7, 11) is 0. The fourth-order valence-corrected chi connectivity index (χ4v) is 5.62. The number of halogens is 1. The molecule has 0 bridgehead atoms. The van der Waals surface area contributed by atoms with Gasteiger partial charge < -0.3 is 9.84 Å². The van der Waals surface area contributed by atoms with E-state index in [1.54, 1.807) is 54.6 Å². The van der Waals surface area contributed by atoms with Crippen molar-refractivity contribution in [2.45, 2.75) is 12.6 Å². The molecule has 0 spiro atoms. The Bertz CT molecular complexity index is 1730. The Labute approximate surface area is 227 Å². The third kappa shape index (κ3) is 4.66. The standard InChI is InChI=1S/C31H21FN2O4S/c32-22-14-15-24-25(17-22)39-31(33-24)34-27(26(29(36)30(34)37)28(35)20-10-5-2-6-11-20)21-12-7-13-23(16-21)38-18-19-8-3-1-4-9-19/h1-17,27,35H,18H2. The number of ketones is 1. The Kier molecular flexibility index (Phi) is 6.38. The lowest BCUT2D eigenvalue weighted by atomic mass is 9.95. The van der Waals surface area contributed by atoms with Crippen LogP contribution in [0, 0.1) is 5.82 Å². The van der Waals surface area contributed by atoms with Gasteiger partial charge in [-0.1, -0.05) is 84.1 Å². The number of hydrogen-bond acceptors (Lipinski definition) is 6. The molecule has 1 unspecified atom stereocenters. The maximum atomic E-state index is 13.9. The van der Waals surface area contributed by atoms with Gasteiger partial charge in [0.25, 0.3) is 5.78 Å². The van der Waals surface area contributed by atoms with Gasteiger partial charge in [-0.05, 0) is 41.5 Å². The van der Waals surface area contributed by atoms with E-state index in [-0.39, 0.29) is 16.5 Å². The number of fused-ring (bicyclic) bond motifs is 1. The number of aromatic nitrogens is 1. The van der Waals surface area contributed by atoms with Crippen LogP contribution in [0.25, 0.3) is 16.0 Å². The molecule has 1 saturated heterocycles. The molecule has 1 N–H and O–H groups in total. The number of anilines is 1. The number of aliphatic hydroxyl groups excluding tert-OH is 1. The van der Waals surface area contributed by atoms with Crippen LogP contribution in [-0.2, 0) is 16.2 Å². The number of nitrogens with zero attached hydrogens (tertiary/aromatic N) is 2. The van der Waals surface area contributed by atoms with Gasteiger partial charge in [0.15, 0.2) is 5.13 Å². The van der Waals surface area contributed by atoms with Gasteiger partial charge in [0.2, 0.25) is 0 Å². The van der Waals surface area contributed by atoms with Gasteiger partial charge >= 0.3 is 5.91 Å². The minimum Gasteiger partial charge on any atom is -0.507 e. The second kappa shape index (κ2) is 10.2. The van der Waals surface area contributed by atoms with Crippen LogP contribution in [0.4, 0.5) is 9.52 Å². The van der Waals surface area contributed by atoms with E-state index in [0.717, 1.165) is 16.9 Å². The molecule has 1 aromatic heterocycles. The number of aliphatic hydroxyl groups is 1. The van der Waals surface area contributed by atoms with E-state index in [9.17, 15) is 19.1 Å².